The van der Waals surface area contributed by atoms with Gasteiger partial charge in [0.25, 0.3) is 5.56 Å². The van der Waals surface area contributed by atoms with Gasteiger partial charge in [-0.2, -0.15) is 5.26 Å². The molecule has 0 aliphatic carbocycles. The van der Waals surface area contributed by atoms with Crippen LogP contribution in [-0.4, -0.2) is 38.2 Å². The summed E-state index contributed by atoms with van der Waals surface area (Å²) in [7, 11) is 0. The third kappa shape index (κ3) is 4.19. The first-order chi connectivity index (χ1) is 17.0. The molecule has 2 N–H and O–H groups in total. The van der Waals surface area contributed by atoms with E-state index < -0.39 is 0 Å². The van der Waals surface area contributed by atoms with Gasteiger partial charge in [-0.15, -0.1) is 0 Å². The quantitative estimate of drug-likeness (QED) is 0.450. The molecule has 0 saturated carbocycles. The molecule has 8 heteroatoms. The molecule has 1 fully saturated rings. The van der Waals surface area contributed by atoms with Gasteiger partial charge in [-0.3, -0.25) is 14.3 Å². The van der Waals surface area contributed by atoms with Crippen molar-refractivity contribution in [1.82, 2.24) is 19.1 Å². The summed E-state index contributed by atoms with van der Waals surface area (Å²) in [5.74, 6) is 0.742. The summed E-state index contributed by atoms with van der Waals surface area (Å²) >= 11 is 0. The number of nitriles is 1. The van der Waals surface area contributed by atoms with E-state index in [1.165, 1.54) is 0 Å². The van der Waals surface area contributed by atoms with Crippen LogP contribution in [0.3, 0.4) is 0 Å². The number of benzene rings is 1. The average Bonchev–Trinajstić information content (AvgIpc) is 3.18. The summed E-state index contributed by atoms with van der Waals surface area (Å²) in [5, 5.41) is 11.1. The minimum atomic E-state index is -0.165. The van der Waals surface area contributed by atoms with Crippen molar-refractivity contribution in [1.29, 1.82) is 5.26 Å². The van der Waals surface area contributed by atoms with E-state index in [-0.39, 0.29) is 11.6 Å². The Bertz CT molecular complexity index is 1530. The molecule has 8 nitrogen and oxygen atoms in total. The number of allylic oxidation sites excluding steroid dienone is 2. The third-order valence-electron chi connectivity index (χ3n) is 6.63. The fourth-order valence-electron chi connectivity index (χ4n) is 4.93. The first kappa shape index (κ1) is 22.8. The van der Waals surface area contributed by atoms with Crippen LogP contribution in [0.25, 0.3) is 21.9 Å². The van der Waals surface area contributed by atoms with E-state index >= 15 is 0 Å². The lowest BCUT2D eigenvalue weighted by Gasteiger charge is -2.33. The highest BCUT2D eigenvalue weighted by molar-refractivity contribution is 5.89. The molecule has 0 radical (unpaired) electrons. The van der Waals surface area contributed by atoms with Crippen LogP contribution in [0.5, 0.6) is 0 Å². The first-order valence-corrected chi connectivity index (χ1v) is 12.0. The Kier molecular flexibility index (Phi) is 6.10. The van der Waals surface area contributed by atoms with E-state index in [0.717, 1.165) is 47.2 Å². The zero-order valence-corrected chi connectivity index (χ0v) is 20.1. The van der Waals surface area contributed by atoms with Crippen molar-refractivity contribution in [2.45, 2.75) is 45.8 Å². The predicted octanol–water partition coefficient (Wildman–Crippen LogP) is 3.56. The largest absolute Gasteiger partial charge is 0.355 e. The van der Waals surface area contributed by atoms with E-state index in [9.17, 15) is 10.1 Å². The van der Waals surface area contributed by atoms with Crippen LogP contribution in [0.15, 0.2) is 59.3 Å². The Labute approximate surface area is 203 Å². The van der Waals surface area contributed by atoms with Crippen LogP contribution in [0.1, 0.15) is 37.8 Å². The average molecular weight is 468 g/mol. The maximum atomic E-state index is 13.9. The summed E-state index contributed by atoms with van der Waals surface area (Å²) < 4.78 is 3.57. The number of hydrogen-bond donors (Lipinski definition) is 1. The molecular weight excluding hydrogens is 438 g/mol. The van der Waals surface area contributed by atoms with Crippen LogP contribution in [-0.2, 0) is 13.1 Å². The molecule has 5 rings (SSSR count). The number of aromatic nitrogens is 4. The van der Waals surface area contributed by atoms with E-state index in [1.54, 1.807) is 17.1 Å². The van der Waals surface area contributed by atoms with Crippen molar-refractivity contribution >= 4 is 27.8 Å². The zero-order valence-electron chi connectivity index (χ0n) is 20.1. The van der Waals surface area contributed by atoms with Crippen molar-refractivity contribution in [3.63, 3.8) is 0 Å². The monoisotopic (exact) mass is 467 g/mol. The van der Waals surface area contributed by atoms with Gasteiger partial charge in [0.15, 0.2) is 0 Å². The van der Waals surface area contributed by atoms with Gasteiger partial charge < -0.3 is 15.2 Å². The van der Waals surface area contributed by atoms with Crippen LogP contribution >= 0.6 is 0 Å². The number of hydrogen-bond acceptors (Lipinski definition) is 6. The molecule has 4 aromatic rings. The Morgan fingerprint density at radius 2 is 2.09 bits per heavy atom. The van der Waals surface area contributed by atoms with Gasteiger partial charge in [-0.05, 0) is 44.4 Å². The van der Waals surface area contributed by atoms with Crippen LogP contribution < -0.4 is 16.2 Å². The van der Waals surface area contributed by atoms with Crippen molar-refractivity contribution in [2.75, 3.05) is 18.0 Å². The highest BCUT2D eigenvalue weighted by atomic mass is 16.1. The molecule has 1 aliphatic rings. The number of para-hydroxylation sites is 1. The maximum absolute atomic E-state index is 13.9. The van der Waals surface area contributed by atoms with Gasteiger partial charge in [-0.1, -0.05) is 29.8 Å². The molecule has 35 heavy (non-hydrogen) atoms. The van der Waals surface area contributed by atoms with Crippen LogP contribution in [0.4, 0.5) is 5.82 Å². The molecule has 1 aliphatic heterocycles. The lowest BCUT2D eigenvalue weighted by molar-refractivity contribution is 0.498. The summed E-state index contributed by atoms with van der Waals surface area (Å²) in [6, 6.07) is 12.2. The number of nitrogens with two attached hydrogens (primary N) is 1. The molecular formula is C27H29N7O. The Morgan fingerprint density at radius 3 is 2.86 bits per heavy atom. The van der Waals surface area contributed by atoms with Crippen molar-refractivity contribution in [3.8, 4) is 6.07 Å². The number of anilines is 1. The molecule has 1 atom stereocenters. The Hall–Kier alpha value is -3.96. The summed E-state index contributed by atoms with van der Waals surface area (Å²) in [6.07, 6.45) is 7.29. The lowest BCUT2D eigenvalue weighted by Crippen LogP contribution is -2.44. The molecule has 1 aromatic carbocycles. The smallest absolute Gasteiger partial charge is 0.278 e. The van der Waals surface area contributed by atoms with E-state index in [4.69, 9.17) is 5.73 Å². The minimum absolute atomic E-state index is 0.0368. The minimum Gasteiger partial charge on any atom is -0.355 e. The standard InChI is InChI=1S/C27H29N7O/c1-18(2)10-13-34-25-24(22(14-28)26(34)32-12-5-6-20(29)16-32)31-17-33(27(25)35)15-19-9-11-30-23-8-4-3-7-21(19)23/h3-4,7-11,17,20H,5-6,12-13,15-16,29H2,1-2H3/t20-/m0/s1. The van der Waals surface area contributed by atoms with Gasteiger partial charge in [0.1, 0.15) is 28.5 Å². The fraction of sp³-hybridized carbons (Fsp3) is 0.333. The van der Waals surface area contributed by atoms with Gasteiger partial charge in [0.2, 0.25) is 0 Å². The number of pyridine rings is 1. The molecule has 4 heterocycles. The van der Waals surface area contributed by atoms with E-state index in [0.29, 0.717) is 36.2 Å². The number of nitrogens with zero attached hydrogens (tertiary/aromatic N) is 6. The normalized spacial score (nSPS) is 15.9. The molecule has 0 amide bonds. The first-order valence-electron chi connectivity index (χ1n) is 12.0. The topological polar surface area (TPSA) is 106 Å². The fourth-order valence-corrected chi connectivity index (χ4v) is 4.93. The Balaban J connectivity index is 1.70. The van der Waals surface area contributed by atoms with Gasteiger partial charge in [-0.25, -0.2) is 4.98 Å². The highest BCUT2D eigenvalue weighted by Gasteiger charge is 2.28. The number of fused-ring (bicyclic) bond motifs is 2. The third-order valence-corrected chi connectivity index (χ3v) is 6.63. The summed E-state index contributed by atoms with van der Waals surface area (Å²) in [4.78, 5) is 25.1. The molecule has 178 valence electrons. The predicted molar refractivity (Wildman–Crippen MR) is 138 cm³/mol. The van der Waals surface area contributed by atoms with E-state index in [1.807, 2.05) is 48.7 Å². The summed E-state index contributed by atoms with van der Waals surface area (Å²) in [6.45, 7) is 6.35. The van der Waals surface area contributed by atoms with Crippen molar-refractivity contribution in [3.05, 3.63) is 76.0 Å². The highest BCUT2D eigenvalue weighted by Crippen LogP contribution is 2.32. The van der Waals surface area contributed by atoms with E-state index in [2.05, 4.69) is 27.0 Å². The van der Waals surface area contributed by atoms with Gasteiger partial charge in [0, 0.05) is 37.3 Å². The summed E-state index contributed by atoms with van der Waals surface area (Å²) in [5.41, 5.74) is 10.5. The second-order valence-corrected chi connectivity index (χ2v) is 9.41. The SMILES string of the molecule is CC(C)=CCn1c(N2CCC[C@H](N)C2)c(C#N)c2ncn(Cc3ccnc4ccccc34)c(=O)c21. The van der Waals surface area contributed by atoms with Gasteiger partial charge >= 0.3 is 0 Å². The molecule has 0 unspecified atom stereocenters. The van der Waals surface area contributed by atoms with Gasteiger partial charge in [0.05, 0.1) is 18.4 Å². The lowest BCUT2D eigenvalue weighted by atomic mass is 10.1. The number of piperidine rings is 1. The molecule has 0 bridgehead atoms. The number of rotatable bonds is 5. The maximum Gasteiger partial charge on any atom is 0.278 e. The molecule has 1 saturated heterocycles. The molecule has 0 spiro atoms. The van der Waals surface area contributed by atoms with Crippen LogP contribution in [0, 0.1) is 11.3 Å². The Morgan fingerprint density at radius 1 is 1.26 bits per heavy atom. The second-order valence-electron chi connectivity index (χ2n) is 9.41. The van der Waals surface area contributed by atoms with Crippen molar-refractivity contribution in [2.24, 2.45) is 5.73 Å². The van der Waals surface area contributed by atoms with Crippen LogP contribution in [0.2, 0.25) is 0 Å². The van der Waals surface area contributed by atoms with Crippen molar-refractivity contribution < 1.29 is 0 Å². The second kappa shape index (κ2) is 9.35. The zero-order chi connectivity index (χ0) is 24.5. The molecule has 3 aromatic heterocycles.